The summed E-state index contributed by atoms with van der Waals surface area (Å²) in [7, 11) is 0. The van der Waals surface area contributed by atoms with E-state index >= 15 is 0 Å². The standard InChI is InChI=1S/C16H23F3N2O/c1-2-11-21(14-7-9-20-10-8-14)12-13-3-5-15(6-4-13)22-16(17,18)19/h3-6,14,20H,2,7-12H2,1H3. The van der Waals surface area contributed by atoms with Gasteiger partial charge in [0.25, 0.3) is 0 Å². The van der Waals surface area contributed by atoms with Gasteiger partial charge in [-0.05, 0) is 56.6 Å². The first-order valence-electron chi connectivity index (χ1n) is 7.77. The summed E-state index contributed by atoms with van der Waals surface area (Å²) in [5.74, 6) is -0.167. The normalized spacial score (nSPS) is 17.0. The fourth-order valence-corrected chi connectivity index (χ4v) is 2.88. The molecule has 3 nitrogen and oxygen atoms in total. The second-order valence-electron chi connectivity index (χ2n) is 5.64. The molecule has 2 rings (SSSR count). The second-order valence-corrected chi connectivity index (χ2v) is 5.64. The van der Waals surface area contributed by atoms with Gasteiger partial charge >= 0.3 is 6.36 Å². The van der Waals surface area contributed by atoms with Crippen molar-refractivity contribution in [1.29, 1.82) is 0 Å². The highest BCUT2D eigenvalue weighted by molar-refractivity contribution is 5.27. The molecule has 1 aromatic rings. The molecule has 1 heterocycles. The van der Waals surface area contributed by atoms with Gasteiger partial charge in [0.05, 0.1) is 0 Å². The molecule has 6 heteroatoms. The van der Waals surface area contributed by atoms with Crippen molar-refractivity contribution in [2.24, 2.45) is 0 Å². The summed E-state index contributed by atoms with van der Waals surface area (Å²) in [5.41, 5.74) is 1.02. The number of alkyl halides is 3. The third-order valence-corrected chi connectivity index (χ3v) is 3.88. The summed E-state index contributed by atoms with van der Waals surface area (Å²) in [6.45, 7) is 5.98. The van der Waals surface area contributed by atoms with E-state index in [0.717, 1.165) is 51.0 Å². The minimum absolute atomic E-state index is 0.167. The minimum atomic E-state index is -4.63. The maximum atomic E-state index is 12.2. The third kappa shape index (κ3) is 5.50. The van der Waals surface area contributed by atoms with E-state index in [1.807, 2.05) is 0 Å². The monoisotopic (exact) mass is 316 g/mol. The molecule has 0 amide bonds. The van der Waals surface area contributed by atoms with Crippen LogP contribution in [0.4, 0.5) is 13.2 Å². The molecule has 0 unspecified atom stereocenters. The summed E-state index contributed by atoms with van der Waals surface area (Å²) in [5, 5.41) is 3.36. The molecule has 0 aromatic heterocycles. The second kappa shape index (κ2) is 7.83. The fraction of sp³-hybridized carbons (Fsp3) is 0.625. The Bertz CT molecular complexity index is 442. The van der Waals surface area contributed by atoms with Gasteiger partial charge in [0.2, 0.25) is 0 Å². The van der Waals surface area contributed by atoms with E-state index in [1.54, 1.807) is 12.1 Å². The van der Waals surface area contributed by atoms with Gasteiger partial charge in [0, 0.05) is 12.6 Å². The summed E-state index contributed by atoms with van der Waals surface area (Å²) >= 11 is 0. The van der Waals surface area contributed by atoms with E-state index in [0.29, 0.717) is 6.04 Å². The number of piperidine rings is 1. The lowest BCUT2D eigenvalue weighted by molar-refractivity contribution is -0.274. The van der Waals surface area contributed by atoms with Gasteiger partial charge in [0.1, 0.15) is 5.75 Å². The predicted octanol–water partition coefficient (Wildman–Crippen LogP) is 3.55. The van der Waals surface area contributed by atoms with E-state index in [2.05, 4.69) is 21.9 Å². The smallest absolute Gasteiger partial charge is 0.406 e. The highest BCUT2D eigenvalue weighted by Crippen LogP contribution is 2.23. The van der Waals surface area contributed by atoms with Crippen molar-refractivity contribution in [3.63, 3.8) is 0 Å². The Balaban J connectivity index is 1.97. The van der Waals surface area contributed by atoms with E-state index < -0.39 is 6.36 Å². The Kier molecular flexibility index (Phi) is 6.08. The lowest BCUT2D eigenvalue weighted by Crippen LogP contribution is -2.43. The molecule has 1 aromatic carbocycles. The lowest BCUT2D eigenvalue weighted by Gasteiger charge is -2.34. The Labute approximate surface area is 129 Å². The van der Waals surface area contributed by atoms with Crippen LogP contribution in [0.3, 0.4) is 0 Å². The molecule has 0 aliphatic carbocycles. The van der Waals surface area contributed by atoms with Gasteiger partial charge < -0.3 is 10.1 Å². The quantitative estimate of drug-likeness (QED) is 0.868. The van der Waals surface area contributed by atoms with Gasteiger partial charge in [-0.3, -0.25) is 4.90 Å². The topological polar surface area (TPSA) is 24.5 Å². The van der Waals surface area contributed by atoms with Crippen molar-refractivity contribution in [3.8, 4) is 5.75 Å². The van der Waals surface area contributed by atoms with E-state index in [1.165, 1.54) is 12.1 Å². The molecule has 0 atom stereocenters. The Morgan fingerprint density at radius 1 is 1.18 bits per heavy atom. The SMILES string of the molecule is CCCN(Cc1ccc(OC(F)(F)F)cc1)C1CCNCC1. The van der Waals surface area contributed by atoms with Crippen LogP contribution in [0, 0.1) is 0 Å². The molecule has 124 valence electrons. The molecular weight excluding hydrogens is 293 g/mol. The van der Waals surface area contributed by atoms with Crippen LogP contribution in [0.25, 0.3) is 0 Å². The number of nitrogens with one attached hydrogen (secondary N) is 1. The first-order chi connectivity index (χ1) is 10.5. The van der Waals surface area contributed by atoms with Crippen molar-refractivity contribution < 1.29 is 17.9 Å². The molecule has 0 radical (unpaired) electrons. The van der Waals surface area contributed by atoms with E-state index in [4.69, 9.17) is 0 Å². The van der Waals surface area contributed by atoms with Crippen LogP contribution in [0.1, 0.15) is 31.7 Å². The predicted molar refractivity (Wildman–Crippen MR) is 79.7 cm³/mol. The molecule has 1 saturated heterocycles. The van der Waals surface area contributed by atoms with Gasteiger partial charge in [0.15, 0.2) is 0 Å². The number of nitrogens with zero attached hydrogens (tertiary/aromatic N) is 1. The number of hydrogen-bond donors (Lipinski definition) is 1. The fourth-order valence-electron chi connectivity index (χ4n) is 2.88. The average Bonchev–Trinajstić information content (AvgIpc) is 2.48. The number of halogens is 3. The summed E-state index contributed by atoms with van der Waals surface area (Å²) < 4.78 is 40.4. The van der Waals surface area contributed by atoms with Gasteiger partial charge in [-0.2, -0.15) is 0 Å². The molecule has 0 bridgehead atoms. The largest absolute Gasteiger partial charge is 0.573 e. The highest BCUT2D eigenvalue weighted by Gasteiger charge is 2.31. The first-order valence-corrected chi connectivity index (χ1v) is 7.77. The maximum absolute atomic E-state index is 12.2. The van der Waals surface area contributed by atoms with Crippen LogP contribution >= 0.6 is 0 Å². The molecule has 1 aliphatic heterocycles. The Hall–Kier alpha value is -1.27. The van der Waals surface area contributed by atoms with Crippen LogP contribution in [-0.4, -0.2) is 36.9 Å². The molecule has 0 saturated carbocycles. The summed E-state index contributed by atoms with van der Waals surface area (Å²) in [4.78, 5) is 2.43. The van der Waals surface area contributed by atoms with Gasteiger partial charge in [-0.1, -0.05) is 19.1 Å². The van der Waals surface area contributed by atoms with E-state index in [9.17, 15) is 13.2 Å². The zero-order chi connectivity index (χ0) is 16.0. The van der Waals surface area contributed by atoms with E-state index in [-0.39, 0.29) is 5.75 Å². The van der Waals surface area contributed by atoms with Crippen LogP contribution < -0.4 is 10.1 Å². The summed E-state index contributed by atoms with van der Waals surface area (Å²) in [6.07, 6.45) is -1.32. The molecule has 0 spiro atoms. The molecule has 1 aliphatic rings. The summed E-state index contributed by atoms with van der Waals surface area (Å²) in [6, 6.07) is 6.74. The first kappa shape index (κ1) is 17.1. The van der Waals surface area contributed by atoms with Crippen molar-refractivity contribution in [2.75, 3.05) is 19.6 Å². The zero-order valence-electron chi connectivity index (χ0n) is 12.8. The molecule has 1 fully saturated rings. The lowest BCUT2D eigenvalue weighted by atomic mass is 10.0. The highest BCUT2D eigenvalue weighted by atomic mass is 19.4. The molecule has 22 heavy (non-hydrogen) atoms. The minimum Gasteiger partial charge on any atom is -0.406 e. The number of hydrogen-bond acceptors (Lipinski definition) is 3. The number of benzene rings is 1. The number of rotatable bonds is 6. The number of ether oxygens (including phenoxy) is 1. The van der Waals surface area contributed by atoms with Crippen LogP contribution in [0.2, 0.25) is 0 Å². The molecular formula is C16H23F3N2O. The van der Waals surface area contributed by atoms with Crippen molar-refractivity contribution in [1.82, 2.24) is 10.2 Å². The van der Waals surface area contributed by atoms with Crippen LogP contribution in [0.15, 0.2) is 24.3 Å². The van der Waals surface area contributed by atoms with Crippen LogP contribution in [0.5, 0.6) is 5.75 Å². The zero-order valence-corrected chi connectivity index (χ0v) is 12.8. The maximum Gasteiger partial charge on any atom is 0.573 e. The van der Waals surface area contributed by atoms with Crippen molar-refractivity contribution in [2.45, 2.75) is 45.1 Å². The Morgan fingerprint density at radius 3 is 2.36 bits per heavy atom. The van der Waals surface area contributed by atoms with Gasteiger partial charge in [-0.25, -0.2) is 0 Å². The van der Waals surface area contributed by atoms with Crippen LogP contribution in [-0.2, 0) is 6.54 Å². The third-order valence-electron chi connectivity index (χ3n) is 3.88. The average molecular weight is 316 g/mol. The van der Waals surface area contributed by atoms with Gasteiger partial charge in [-0.15, -0.1) is 13.2 Å². The molecule has 1 N–H and O–H groups in total. The van der Waals surface area contributed by atoms with Crippen molar-refractivity contribution in [3.05, 3.63) is 29.8 Å². The Morgan fingerprint density at radius 2 is 1.82 bits per heavy atom. The van der Waals surface area contributed by atoms with Crippen molar-refractivity contribution >= 4 is 0 Å².